The average Bonchev–Trinajstić information content (AvgIpc) is 4.24. The third-order valence-corrected chi connectivity index (χ3v) is 20.7. The molecule has 0 aliphatic heterocycles. The number of hydrogen-bond acceptors (Lipinski definition) is 0. The molecule has 356 valence electrons. The lowest BCUT2D eigenvalue weighted by Crippen LogP contribution is -2.74. The van der Waals surface area contributed by atoms with E-state index < -0.39 is 8.07 Å². The molecule has 4 heteroatoms. The molecule has 0 unspecified atom stereocenters. The summed E-state index contributed by atoms with van der Waals surface area (Å²) in [6.45, 7) is 0. The Morgan fingerprint density at radius 3 is 1.05 bits per heavy atom. The van der Waals surface area contributed by atoms with Crippen LogP contribution in [-0.4, -0.2) is 21.8 Å². The van der Waals surface area contributed by atoms with Crippen molar-refractivity contribution in [2.75, 3.05) is 0 Å². The summed E-state index contributed by atoms with van der Waals surface area (Å²) in [5, 5.41) is 12.7. The van der Waals surface area contributed by atoms with Crippen LogP contribution in [0, 0.1) is 0 Å². The van der Waals surface area contributed by atoms with Gasteiger partial charge in [0, 0.05) is 49.4 Å². The maximum atomic E-state index is 2.52. The van der Waals surface area contributed by atoms with Crippen molar-refractivity contribution in [1.82, 2.24) is 13.7 Å². The molecular formula is C72H49N3Si. The Hall–Kier alpha value is -9.74. The summed E-state index contributed by atoms with van der Waals surface area (Å²) in [4.78, 5) is 0. The predicted octanol–water partition coefficient (Wildman–Crippen LogP) is 15.7. The number of para-hydroxylation sites is 3. The van der Waals surface area contributed by atoms with E-state index in [0.29, 0.717) is 0 Å². The number of aromatic nitrogens is 3. The molecule has 3 heterocycles. The van der Waals surface area contributed by atoms with E-state index in [9.17, 15) is 0 Å². The van der Waals surface area contributed by atoms with Gasteiger partial charge < -0.3 is 13.7 Å². The van der Waals surface area contributed by atoms with Crippen LogP contribution in [0.1, 0.15) is 0 Å². The molecule has 0 spiro atoms. The number of benzene rings is 12. The largest absolute Gasteiger partial charge is 0.309 e. The van der Waals surface area contributed by atoms with Crippen molar-refractivity contribution in [2.24, 2.45) is 0 Å². The van der Waals surface area contributed by atoms with Crippen LogP contribution in [0.25, 0.3) is 105 Å². The quantitative estimate of drug-likeness (QED) is 0.101. The van der Waals surface area contributed by atoms with Gasteiger partial charge in [0.15, 0.2) is 8.07 Å². The molecule has 3 aromatic heterocycles. The van der Waals surface area contributed by atoms with Crippen LogP contribution in [0.2, 0.25) is 0 Å². The monoisotopic (exact) mass is 983 g/mol. The molecular weight excluding hydrogens is 935 g/mol. The second kappa shape index (κ2) is 17.7. The van der Waals surface area contributed by atoms with E-state index in [4.69, 9.17) is 0 Å². The molecule has 76 heavy (non-hydrogen) atoms. The van der Waals surface area contributed by atoms with Crippen LogP contribution in [-0.2, 0) is 0 Å². The summed E-state index contributed by atoms with van der Waals surface area (Å²) < 4.78 is 7.45. The maximum absolute atomic E-state index is 3.08. The summed E-state index contributed by atoms with van der Waals surface area (Å²) in [6, 6.07) is 111. The molecule has 0 amide bonds. The summed E-state index contributed by atoms with van der Waals surface area (Å²) in [5.41, 5.74) is 15.4. The highest BCUT2D eigenvalue weighted by atomic mass is 28.3. The van der Waals surface area contributed by atoms with Gasteiger partial charge in [-0.05, 0) is 116 Å². The summed E-state index contributed by atoms with van der Waals surface area (Å²) >= 11 is 0. The minimum Gasteiger partial charge on any atom is -0.309 e. The maximum Gasteiger partial charge on any atom is 0.179 e. The lowest BCUT2D eigenvalue weighted by atomic mass is 9.99. The van der Waals surface area contributed by atoms with Crippen LogP contribution in [0.3, 0.4) is 0 Å². The van der Waals surface area contributed by atoms with Gasteiger partial charge in [0.1, 0.15) is 0 Å². The average molecular weight is 984 g/mol. The normalized spacial score (nSPS) is 11.9. The molecule has 3 nitrogen and oxygen atoms in total. The van der Waals surface area contributed by atoms with E-state index in [1.165, 1.54) is 103 Å². The topological polar surface area (TPSA) is 14.8 Å². The van der Waals surface area contributed by atoms with Gasteiger partial charge in [-0.3, -0.25) is 0 Å². The van der Waals surface area contributed by atoms with Gasteiger partial charge >= 0.3 is 0 Å². The second-order valence-electron chi connectivity index (χ2n) is 20.0. The SMILES string of the molecule is c1ccc(-c2cccc3c2c2ccccc2n3-c2ccc3c(c2)c2c(-c4ccccc4)cccc2n3-c2cccc([Si](c3ccccc3)(c3ccccc3)c3cccc(-n4c5ccccc5c5ccccc54)c3)c2)cc1. The molecule has 0 bridgehead atoms. The molecule has 0 radical (unpaired) electrons. The van der Waals surface area contributed by atoms with E-state index in [1.807, 2.05) is 0 Å². The highest BCUT2D eigenvalue weighted by Gasteiger charge is 2.42. The first-order valence-corrected chi connectivity index (χ1v) is 28.3. The van der Waals surface area contributed by atoms with E-state index in [-0.39, 0.29) is 0 Å². The Kier molecular flexibility index (Phi) is 10.2. The van der Waals surface area contributed by atoms with E-state index in [0.717, 1.165) is 22.6 Å². The fraction of sp³-hybridized carbons (Fsp3) is 0. The van der Waals surface area contributed by atoms with Crippen molar-refractivity contribution in [1.29, 1.82) is 0 Å². The minimum absolute atomic E-state index is 1.13. The van der Waals surface area contributed by atoms with Crippen LogP contribution in [0.5, 0.6) is 0 Å². The lowest BCUT2D eigenvalue weighted by molar-refractivity contribution is 1.17. The zero-order chi connectivity index (χ0) is 50.2. The number of hydrogen-bond donors (Lipinski definition) is 0. The highest BCUT2D eigenvalue weighted by Crippen LogP contribution is 2.43. The van der Waals surface area contributed by atoms with E-state index in [2.05, 4.69) is 311 Å². The third kappa shape index (κ3) is 6.68. The van der Waals surface area contributed by atoms with E-state index >= 15 is 0 Å². The van der Waals surface area contributed by atoms with Crippen molar-refractivity contribution >= 4 is 94.2 Å². The van der Waals surface area contributed by atoms with Gasteiger partial charge in [-0.2, -0.15) is 0 Å². The number of nitrogens with zero attached hydrogens (tertiary/aromatic N) is 3. The van der Waals surface area contributed by atoms with Crippen molar-refractivity contribution in [3.05, 3.63) is 297 Å². The Labute approximate surface area is 442 Å². The summed E-state index contributed by atoms with van der Waals surface area (Å²) in [7, 11) is -3.08. The molecule has 15 aromatic rings. The first kappa shape index (κ1) is 43.8. The fourth-order valence-corrected chi connectivity index (χ4v) is 17.6. The first-order chi connectivity index (χ1) is 37.7. The zero-order valence-electron chi connectivity index (χ0n) is 41.6. The van der Waals surface area contributed by atoms with E-state index in [1.54, 1.807) is 0 Å². The molecule has 0 atom stereocenters. The van der Waals surface area contributed by atoms with Crippen LogP contribution >= 0.6 is 0 Å². The van der Waals surface area contributed by atoms with Gasteiger partial charge in [0.05, 0.1) is 33.1 Å². The Balaban J connectivity index is 0.990. The van der Waals surface area contributed by atoms with Crippen molar-refractivity contribution in [2.45, 2.75) is 0 Å². The van der Waals surface area contributed by atoms with Crippen molar-refractivity contribution < 1.29 is 0 Å². The Morgan fingerprint density at radius 1 is 0.211 bits per heavy atom. The van der Waals surface area contributed by atoms with Crippen LogP contribution in [0.15, 0.2) is 297 Å². The summed E-state index contributed by atoms with van der Waals surface area (Å²) in [5.74, 6) is 0. The zero-order valence-corrected chi connectivity index (χ0v) is 42.6. The standard InChI is InChI=1S/C72H49N3Si/c1-5-23-50(24-6-1)59-38-21-43-69-71(59)63-37-15-18-42-67(63)75(69)54-45-46-68-64(49-54)72-60(51-25-7-2-8-26-51)39-22-44-70(72)74(68)53-28-20-34-58(48-53)76(55-29-9-3-10-30-55,56-31-11-4-12-32-56)57-33-19-27-52(47-57)73-65-40-16-13-35-61(65)62-36-14-17-41-66(62)73/h1-49H. The molecule has 0 aliphatic rings. The molecule has 0 saturated carbocycles. The number of fused-ring (bicyclic) bond motifs is 9. The predicted molar refractivity (Wildman–Crippen MR) is 324 cm³/mol. The smallest absolute Gasteiger partial charge is 0.179 e. The molecule has 12 aromatic carbocycles. The van der Waals surface area contributed by atoms with Crippen LogP contribution < -0.4 is 20.7 Å². The molecule has 0 N–H and O–H groups in total. The van der Waals surface area contributed by atoms with Crippen LogP contribution in [0.4, 0.5) is 0 Å². The van der Waals surface area contributed by atoms with Gasteiger partial charge in [0.25, 0.3) is 0 Å². The molecule has 0 aliphatic carbocycles. The third-order valence-electron chi connectivity index (χ3n) is 16.0. The van der Waals surface area contributed by atoms with Gasteiger partial charge in [-0.25, -0.2) is 0 Å². The van der Waals surface area contributed by atoms with Gasteiger partial charge in [-0.1, -0.05) is 224 Å². The molecule has 0 fully saturated rings. The summed E-state index contributed by atoms with van der Waals surface area (Å²) in [6.07, 6.45) is 0. The first-order valence-electron chi connectivity index (χ1n) is 26.3. The lowest BCUT2D eigenvalue weighted by Gasteiger charge is -2.35. The highest BCUT2D eigenvalue weighted by molar-refractivity contribution is 7.20. The second-order valence-corrected chi connectivity index (χ2v) is 23.8. The minimum atomic E-state index is -3.08. The number of rotatable bonds is 9. The fourth-order valence-electron chi connectivity index (χ4n) is 12.8. The molecule has 15 rings (SSSR count). The van der Waals surface area contributed by atoms with Crippen molar-refractivity contribution in [3.8, 4) is 39.3 Å². The van der Waals surface area contributed by atoms with Gasteiger partial charge in [0.2, 0.25) is 0 Å². The molecule has 0 saturated heterocycles. The Morgan fingerprint density at radius 2 is 0.553 bits per heavy atom. The Bertz CT molecular complexity index is 4590. The van der Waals surface area contributed by atoms with Gasteiger partial charge in [-0.15, -0.1) is 0 Å². The van der Waals surface area contributed by atoms with Crippen molar-refractivity contribution in [3.63, 3.8) is 0 Å².